The molecule has 0 fully saturated rings. The third-order valence-electron chi connectivity index (χ3n) is 2.63. The molecule has 0 atom stereocenters. The van der Waals surface area contributed by atoms with Crippen molar-refractivity contribution in [3.63, 3.8) is 0 Å². The van der Waals surface area contributed by atoms with Crippen molar-refractivity contribution in [2.24, 2.45) is 0 Å². The summed E-state index contributed by atoms with van der Waals surface area (Å²) in [6.45, 7) is 8.11. The summed E-state index contributed by atoms with van der Waals surface area (Å²) in [5.74, 6) is 0. The van der Waals surface area contributed by atoms with Crippen LogP contribution in [-0.2, 0) is 14.2 Å². The van der Waals surface area contributed by atoms with Crippen molar-refractivity contribution in [1.82, 2.24) is 0 Å². The Morgan fingerprint density at radius 3 is 1.24 bits per heavy atom. The molecular weight excluding hydrogens is 272 g/mol. The highest BCUT2D eigenvalue weighted by atomic mass is 16.5. The molecule has 0 aromatic rings. The van der Waals surface area contributed by atoms with Gasteiger partial charge < -0.3 is 24.4 Å². The second-order valence-electron chi connectivity index (χ2n) is 4.70. The Morgan fingerprint density at radius 1 is 0.524 bits per heavy atom. The van der Waals surface area contributed by atoms with Gasteiger partial charge in [0, 0.05) is 13.2 Å². The lowest BCUT2D eigenvalue weighted by molar-refractivity contribution is 0.0222. The molecule has 5 heteroatoms. The van der Waals surface area contributed by atoms with Gasteiger partial charge in [0.1, 0.15) is 0 Å². The van der Waals surface area contributed by atoms with Crippen molar-refractivity contribution in [2.45, 2.75) is 52.4 Å². The van der Waals surface area contributed by atoms with Crippen LogP contribution in [0.3, 0.4) is 0 Å². The summed E-state index contributed by atoms with van der Waals surface area (Å²) in [4.78, 5) is 0. The number of aliphatic hydroxyl groups excluding tert-OH is 2. The Hall–Kier alpha value is -0.200. The predicted octanol–water partition coefficient (Wildman–Crippen LogP) is 2.39. The minimum Gasteiger partial charge on any atom is -0.394 e. The van der Waals surface area contributed by atoms with E-state index in [1.54, 1.807) is 0 Å². The molecule has 0 radical (unpaired) electrons. The molecule has 21 heavy (non-hydrogen) atoms. The van der Waals surface area contributed by atoms with E-state index < -0.39 is 0 Å². The molecule has 0 rings (SSSR count). The Balaban J connectivity index is 0. The molecule has 0 saturated carbocycles. The predicted molar refractivity (Wildman–Crippen MR) is 85.7 cm³/mol. The maximum Gasteiger partial charge on any atom is 0.0701 e. The lowest BCUT2D eigenvalue weighted by Crippen LogP contribution is -2.09. The molecule has 5 nitrogen and oxygen atoms in total. The first-order chi connectivity index (χ1) is 10.3. The van der Waals surface area contributed by atoms with Crippen LogP contribution in [0.15, 0.2) is 0 Å². The zero-order valence-corrected chi connectivity index (χ0v) is 14.0. The number of unbranched alkanes of at least 4 members (excludes halogenated alkanes) is 4. The lowest BCUT2D eigenvalue weighted by Gasteiger charge is -2.01. The molecule has 0 unspecified atom stereocenters. The normalized spacial score (nSPS) is 10.3. The van der Waals surface area contributed by atoms with Crippen molar-refractivity contribution < 1.29 is 24.4 Å². The fourth-order valence-electron chi connectivity index (χ4n) is 1.46. The SMILES string of the molecule is CCCCCOCCCCC.OCCOCCOCCO. The fraction of sp³-hybridized carbons (Fsp3) is 1.00. The zero-order valence-electron chi connectivity index (χ0n) is 14.0. The van der Waals surface area contributed by atoms with E-state index >= 15 is 0 Å². The standard InChI is InChI=1S/C10H22O.C6H14O4/c1-3-5-7-9-11-10-8-6-4-2;7-1-3-9-5-6-10-4-2-8/h3-10H2,1-2H3;7-8H,1-6H2. The van der Waals surface area contributed by atoms with Gasteiger partial charge >= 0.3 is 0 Å². The molecule has 130 valence electrons. The Morgan fingerprint density at radius 2 is 0.905 bits per heavy atom. The summed E-state index contributed by atoms with van der Waals surface area (Å²) < 4.78 is 15.2. The lowest BCUT2D eigenvalue weighted by atomic mass is 10.2. The van der Waals surface area contributed by atoms with Gasteiger partial charge in [0.15, 0.2) is 0 Å². The van der Waals surface area contributed by atoms with Crippen LogP contribution in [0.1, 0.15) is 52.4 Å². The van der Waals surface area contributed by atoms with Crippen molar-refractivity contribution in [3.05, 3.63) is 0 Å². The van der Waals surface area contributed by atoms with Gasteiger partial charge in [-0.05, 0) is 12.8 Å². The topological polar surface area (TPSA) is 68.2 Å². The number of hydrogen-bond acceptors (Lipinski definition) is 5. The van der Waals surface area contributed by atoms with Crippen molar-refractivity contribution in [1.29, 1.82) is 0 Å². The molecule has 0 aliphatic carbocycles. The Labute approximate surface area is 130 Å². The van der Waals surface area contributed by atoms with Crippen LogP contribution < -0.4 is 0 Å². The molecule has 0 aliphatic rings. The number of rotatable bonds is 15. The Bertz CT molecular complexity index is 140. The number of hydrogen-bond donors (Lipinski definition) is 2. The van der Waals surface area contributed by atoms with E-state index in [1.807, 2.05) is 0 Å². The van der Waals surface area contributed by atoms with Gasteiger partial charge in [-0.25, -0.2) is 0 Å². The average molecular weight is 308 g/mol. The zero-order chi connectivity index (χ0) is 16.0. The third-order valence-corrected chi connectivity index (χ3v) is 2.63. The molecular formula is C16H36O5. The highest BCUT2D eigenvalue weighted by molar-refractivity contribution is 4.38. The van der Waals surface area contributed by atoms with Gasteiger partial charge in [0.2, 0.25) is 0 Å². The monoisotopic (exact) mass is 308 g/mol. The first-order valence-electron chi connectivity index (χ1n) is 8.28. The van der Waals surface area contributed by atoms with Crippen molar-refractivity contribution >= 4 is 0 Å². The minimum absolute atomic E-state index is 0.0417. The summed E-state index contributed by atoms with van der Waals surface area (Å²) in [6.07, 6.45) is 7.68. The molecule has 0 aromatic heterocycles. The minimum atomic E-state index is 0.0417. The second-order valence-corrected chi connectivity index (χ2v) is 4.70. The summed E-state index contributed by atoms with van der Waals surface area (Å²) in [5, 5.41) is 16.5. The highest BCUT2D eigenvalue weighted by Gasteiger charge is 1.88. The first kappa shape index (κ1) is 23.1. The van der Waals surface area contributed by atoms with Crippen LogP contribution in [0.25, 0.3) is 0 Å². The molecule has 0 aromatic carbocycles. The van der Waals surface area contributed by atoms with Gasteiger partial charge in [0.05, 0.1) is 39.6 Å². The number of ether oxygens (including phenoxy) is 3. The van der Waals surface area contributed by atoms with E-state index in [0.29, 0.717) is 26.4 Å². The summed E-state index contributed by atoms with van der Waals surface area (Å²) in [6, 6.07) is 0. The quantitative estimate of drug-likeness (QED) is 0.455. The Kier molecular flexibility index (Phi) is 27.2. The molecule has 0 amide bonds. The number of aliphatic hydroxyl groups is 2. The fourth-order valence-corrected chi connectivity index (χ4v) is 1.46. The highest BCUT2D eigenvalue weighted by Crippen LogP contribution is 1.97. The van der Waals surface area contributed by atoms with E-state index in [9.17, 15) is 0 Å². The first-order valence-corrected chi connectivity index (χ1v) is 8.28. The summed E-state index contributed by atoms with van der Waals surface area (Å²) in [5.41, 5.74) is 0. The van der Waals surface area contributed by atoms with E-state index in [1.165, 1.54) is 38.5 Å². The largest absolute Gasteiger partial charge is 0.394 e. The van der Waals surface area contributed by atoms with Gasteiger partial charge in [-0.15, -0.1) is 0 Å². The molecule has 2 N–H and O–H groups in total. The van der Waals surface area contributed by atoms with E-state index in [-0.39, 0.29) is 13.2 Å². The van der Waals surface area contributed by atoms with Gasteiger partial charge in [-0.1, -0.05) is 39.5 Å². The van der Waals surface area contributed by atoms with E-state index in [2.05, 4.69) is 13.8 Å². The summed E-state index contributed by atoms with van der Waals surface area (Å²) in [7, 11) is 0. The van der Waals surface area contributed by atoms with Gasteiger partial charge in [0.25, 0.3) is 0 Å². The molecule has 0 aliphatic heterocycles. The van der Waals surface area contributed by atoms with Crippen LogP contribution in [0.2, 0.25) is 0 Å². The van der Waals surface area contributed by atoms with Gasteiger partial charge in [-0.3, -0.25) is 0 Å². The van der Waals surface area contributed by atoms with Crippen LogP contribution in [-0.4, -0.2) is 63.1 Å². The molecule has 0 heterocycles. The smallest absolute Gasteiger partial charge is 0.0701 e. The third kappa shape index (κ3) is 28.6. The van der Waals surface area contributed by atoms with Crippen LogP contribution in [0.4, 0.5) is 0 Å². The molecule has 0 saturated heterocycles. The van der Waals surface area contributed by atoms with Crippen molar-refractivity contribution in [2.75, 3.05) is 52.9 Å². The van der Waals surface area contributed by atoms with Gasteiger partial charge in [-0.2, -0.15) is 0 Å². The van der Waals surface area contributed by atoms with Crippen molar-refractivity contribution in [3.8, 4) is 0 Å². The van der Waals surface area contributed by atoms with Crippen LogP contribution >= 0.6 is 0 Å². The van der Waals surface area contributed by atoms with Crippen LogP contribution in [0.5, 0.6) is 0 Å². The average Bonchev–Trinajstić information content (AvgIpc) is 2.51. The second kappa shape index (κ2) is 24.8. The van der Waals surface area contributed by atoms with E-state index in [4.69, 9.17) is 24.4 Å². The summed E-state index contributed by atoms with van der Waals surface area (Å²) >= 11 is 0. The maximum absolute atomic E-state index is 8.26. The molecule has 0 spiro atoms. The van der Waals surface area contributed by atoms with Crippen LogP contribution in [0, 0.1) is 0 Å². The maximum atomic E-state index is 8.26. The van der Waals surface area contributed by atoms with E-state index in [0.717, 1.165) is 13.2 Å². The molecule has 0 bridgehead atoms.